The molecule has 0 bridgehead atoms. The van der Waals surface area contributed by atoms with Crippen molar-refractivity contribution in [3.8, 4) is 0 Å². The molecule has 140 valence electrons. The van der Waals surface area contributed by atoms with Gasteiger partial charge in [-0.3, -0.25) is 4.79 Å². The van der Waals surface area contributed by atoms with E-state index in [1.54, 1.807) is 10.8 Å². The van der Waals surface area contributed by atoms with Crippen molar-refractivity contribution in [1.29, 1.82) is 0 Å². The fraction of sp³-hybridized carbons (Fsp3) is 0.400. The van der Waals surface area contributed by atoms with Crippen molar-refractivity contribution in [2.75, 3.05) is 18.4 Å². The van der Waals surface area contributed by atoms with E-state index in [4.69, 9.17) is 0 Å². The quantitative estimate of drug-likeness (QED) is 0.770. The molecule has 3 aromatic rings. The van der Waals surface area contributed by atoms with Crippen LogP contribution in [0.15, 0.2) is 42.7 Å². The Morgan fingerprint density at radius 3 is 2.85 bits per heavy atom. The SMILES string of the molecule is CC(C)c1cc(NC2CCCN(C(=O)c3ccccc3)C2)c2nncn2n1. The van der Waals surface area contributed by atoms with E-state index in [1.807, 2.05) is 41.3 Å². The molecule has 0 radical (unpaired) electrons. The van der Waals surface area contributed by atoms with Gasteiger partial charge in [0.2, 0.25) is 5.65 Å². The number of amides is 1. The van der Waals surface area contributed by atoms with Gasteiger partial charge in [-0.05, 0) is 37.0 Å². The smallest absolute Gasteiger partial charge is 0.253 e. The summed E-state index contributed by atoms with van der Waals surface area (Å²) in [6, 6.07) is 11.7. The van der Waals surface area contributed by atoms with Gasteiger partial charge in [-0.1, -0.05) is 32.0 Å². The number of rotatable bonds is 4. The molecule has 1 aliphatic heterocycles. The average Bonchev–Trinajstić information content (AvgIpc) is 3.17. The third-order valence-electron chi connectivity index (χ3n) is 4.97. The second-order valence-electron chi connectivity index (χ2n) is 7.34. The number of fused-ring (bicyclic) bond motifs is 1. The molecule has 4 rings (SSSR count). The molecule has 1 saturated heterocycles. The number of hydrogen-bond donors (Lipinski definition) is 1. The zero-order valence-corrected chi connectivity index (χ0v) is 15.7. The Bertz CT molecular complexity index is 936. The minimum atomic E-state index is 0.0901. The highest BCUT2D eigenvalue weighted by molar-refractivity contribution is 5.94. The highest BCUT2D eigenvalue weighted by Gasteiger charge is 2.25. The van der Waals surface area contributed by atoms with Crippen LogP contribution in [0, 0.1) is 0 Å². The molecule has 1 aromatic carbocycles. The predicted octanol–water partition coefficient (Wildman–Crippen LogP) is 2.96. The molecule has 3 heterocycles. The Morgan fingerprint density at radius 1 is 1.26 bits per heavy atom. The predicted molar refractivity (Wildman–Crippen MR) is 104 cm³/mol. The summed E-state index contributed by atoms with van der Waals surface area (Å²) in [6.45, 7) is 5.69. The molecular formula is C20H24N6O. The van der Waals surface area contributed by atoms with Gasteiger partial charge in [-0.25, -0.2) is 0 Å². The largest absolute Gasteiger partial charge is 0.377 e. The molecule has 1 unspecified atom stereocenters. The Morgan fingerprint density at radius 2 is 2.07 bits per heavy atom. The van der Waals surface area contributed by atoms with E-state index < -0.39 is 0 Å². The maximum Gasteiger partial charge on any atom is 0.253 e. The monoisotopic (exact) mass is 364 g/mol. The summed E-state index contributed by atoms with van der Waals surface area (Å²) in [4.78, 5) is 14.7. The van der Waals surface area contributed by atoms with Gasteiger partial charge in [-0.2, -0.15) is 9.61 Å². The van der Waals surface area contributed by atoms with Crippen LogP contribution < -0.4 is 5.32 Å². The molecule has 1 fully saturated rings. The van der Waals surface area contributed by atoms with Gasteiger partial charge in [0.25, 0.3) is 5.91 Å². The van der Waals surface area contributed by atoms with Crippen molar-refractivity contribution in [3.05, 3.63) is 54.0 Å². The van der Waals surface area contributed by atoms with Crippen molar-refractivity contribution in [2.45, 2.75) is 38.6 Å². The van der Waals surface area contributed by atoms with Crippen LogP contribution in [0.5, 0.6) is 0 Å². The van der Waals surface area contributed by atoms with E-state index in [0.29, 0.717) is 18.1 Å². The molecule has 0 spiro atoms. The number of aromatic nitrogens is 4. The minimum Gasteiger partial charge on any atom is -0.377 e. The molecule has 7 heteroatoms. The van der Waals surface area contributed by atoms with E-state index in [1.165, 1.54) is 0 Å². The summed E-state index contributed by atoms with van der Waals surface area (Å²) in [7, 11) is 0. The van der Waals surface area contributed by atoms with Gasteiger partial charge in [0.05, 0.1) is 11.4 Å². The zero-order valence-electron chi connectivity index (χ0n) is 15.7. The highest BCUT2D eigenvalue weighted by Crippen LogP contribution is 2.23. The van der Waals surface area contributed by atoms with Crippen LogP contribution in [0.1, 0.15) is 48.7 Å². The van der Waals surface area contributed by atoms with Gasteiger partial charge >= 0.3 is 0 Å². The lowest BCUT2D eigenvalue weighted by Gasteiger charge is -2.33. The summed E-state index contributed by atoms with van der Waals surface area (Å²) in [5, 5.41) is 16.3. The molecule has 1 N–H and O–H groups in total. The Kier molecular flexibility index (Phi) is 4.75. The first-order chi connectivity index (χ1) is 13.1. The molecule has 2 aromatic heterocycles. The van der Waals surface area contributed by atoms with Gasteiger partial charge in [-0.15, -0.1) is 10.2 Å². The molecular weight excluding hydrogens is 340 g/mol. The summed E-state index contributed by atoms with van der Waals surface area (Å²) < 4.78 is 1.72. The van der Waals surface area contributed by atoms with Crippen LogP contribution in [-0.4, -0.2) is 49.7 Å². The number of nitrogens with zero attached hydrogens (tertiary/aromatic N) is 5. The van der Waals surface area contributed by atoms with Crippen molar-refractivity contribution in [1.82, 2.24) is 24.7 Å². The van der Waals surface area contributed by atoms with E-state index in [-0.39, 0.29) is 11.9 Å². The van der Waals surface area contributed by atoms with E-state index in [2.05, 4.69) is 34.5 Å². The van der Waals surface area contributed by atoms with E-state index in [9.17, 15) is 4.79 Å². The van der Waals surface area contributed by atoms with Crippen LogP contribution in [0.3, 0.4) is 0 Å². The molecule has 1 aliphatic rings. The summed E-state index contributed by atoms with van der Waals surface area (Å²) >= 11 is 0. The minimum absolute atomic E-state index is 0.0901. The van der Waals surface area contributed by atoms with Crippen LogP contribution >= 0.6 is 0 Å². The lowest BCUT2D eigenvalue weighted by Crippen LogP contribution is -2.45. The number of hydrogen-bond acceptors (Lipinski definition) is 5. The van der Waals surface area contributed by atoms with Gasteiger partial charge in [0.1, 0.15) is 6.33 Å². The van der Waals surface area contributed by atoms with Crippen molar-refractivity contribution >= 4 is 17.2 Å². The van der Waals surface area contributed by atoms with Gasteiger partial charge in [0, 0.05) is 24.7 Å². The second-order valence-corrected chi connectivity index (χ2v) is 7.34. The van der Waals surface area contributed by atoms with Crippen LogP contribution in [-0.2, 0) is 0 Å². The lowest BCUT2D eigenvalue weighted by molar-refractivity contribution is 0.0715. The summed E-state index contributed by atoms with van der Waals surface area (Å²) in [5.41, 5.74) is 3.36. The average molecular weight is 364 g/mol. The molecule has 0 aliphatic carbocycles. The Balaban J connectivity index is 1.54. The number of piperidine rings is 1. The number of carbonyl (C=O) groups excluding carboxylic acids is 1. The maximum atomic E-state index is 12.8. The van der Waals surface area contributed by atoms with Crippen LogP contribution in [0.4, 0.5) is 5.69 Å². The summed E-state index contributed by atoms with van der Waals surface area (Å²) in [5.74, 6) is 0.396. The highest BCUT2D eigenvalue weighted by atomic mass is 16.2. The second kappa shape index (κ2) is 7.34. The van der Waals surface area contributed by atoms with Crippen LogP contribution in [0.2, 0.25) is 0 Å². The fourth-order valence-electron chi connectivity index (χ4n) is 3.50. The van der Waals surface area contributed by atoms with Gasteiger partial charge < -0.3 is 10.2 Å². The van der Waals surface area contributed by atoms with Crippen molar-refractivity contribution in [2.24, 2.45) is 0 Å². The number of anilines is 1. The van der Waals surface area contributed by atoms with Crippen molar-refractivity contribution in [3.63, 3.8) is 0 Å². The molecule has 1 amide bonds. The maximum absolute atomic E-state index is 12.8. The van der Waals surface area contributed by atoms with E-state index in [0.717, 1.165) is 36.3 Å². The molecule has 1 atom stereocenters. The zero-order chi connectivity index (χ0) is 18.8. The van der Waals surface area contributed by atoms with Crippen LogP contribution in [0.25, 0.3) is 5.65 Å². The Hall–Kier alpha value is -2.96. The third-order valence-corrected chi connectivity index (χ3v) is 4.97. The number of carbonyl (C=O) groups is 1. The molecule has 0 saturated carbocycles. The van der Waals surface area contributed by atoms with Crippen molar-refractivity contribution < 1.29 is 4.79 Å². The number of nitrogens with one attached hydrogen (secondary N) is 1. The van der Waals surface area contributed by atoms with Gasteiger partial charge in [0.15, 0.2) is 0 Å². The first kappa shape index (κ1) is 17.5. The van der Waals surface area contributed by atoms with E-state index >= 15 is 0 Å². The fourth-order valence-corrected chi connectivity index (χ4v) is 3.50. The number of benzene rings is 1. The third kappa shape index (κ3) is 3.63. The molecule has 7 nitrogen and oxygen atoms in total. The summed E-state index contributed by atoms with van der Waals surface area (Å²) in [6.07, 6.45) is 3.61. The topological polar surface area (TPSA) is 75.4 Å². The standard InChI is InChI=1S/C20H24N6O/c1-14(2)17-11-18(19-23-21-13-26(19)24-17)22-16-9-6-10-25(12-16)20(27)15-7-4-3-5-8-15/h3-5,7-8,11,13-14,16,22H,6,9-10,12H2,1-2H3. The Labute approximate surface area is 158 Å². The lowest BCUT2D eigenvalue weighted by atomic mass is 10.0. The normalized spacial score (nSPS) is 17.4. The molecule has 27 heavy (non-hydrogen) atoms. The first-order valence-electron chi connectivity index (χ1n) is 9.43. The first-order valence-corrected chi connectivity index (χ1v) is 9.43. The number of likely N-dealkylation sites (tertiary alicyclic amines) is 1.